The van der Waals surface area contributed by atoms with Gasteiger partial charge in [-0.05, 0) is 37.6 Å². The first-order valence-electron chi connectivity index (χ1n) is 7.49. The lowest BCUT2D eigenvalue weighted by Crippen LogP contribution is -2.36. The van der Waals surface area contributed by atoms with Crippen molar-refractivity contribution in [3.8, 4) is 0 Å². The van der Waals surface area contributed by atoms with Crippen LogP contribution in [0.3, 0.4) is 0 Å². The van der Waals surface area contributed by atoms with Crippen molar-refractivity contribution in [1.29, 1.82) is 0 Å². The van der Waals surface area contributed by atoms with Crippen LogP contribution in [0.4, 0.5) is 0 Å². The number of carbonyl (C=O) groups excluding carboxylic acids is 1. The molecule has 0 unspecified atom stereocenters. The average Bonchev–Trinajstić information content (AvgIpc) is 2.41. The predicted molar refractivity (Wildman–Crippen MR) is 70.8 cm³/mol. The summed E-state index contributed by atoms with van der Waals surface area (Å²) in [6, 6.07) is 0. The van der Waals surface area contributed by atoms with Crippen LogP contribution in [0.1, 0.15) is 70.6 Å². The van der Waals surface area contributed by atoms with E-state index in [1.54, 1.807) is 0 Å². The van der Waals surface area contributed by atoms with Gasteiger partial charge in [0.25, 0.3) is 0 Å². The van der Waals surface area contributed by atoms with E-state index in [9.17, 15) is 4.79 Å². The zero-order chi connectivity index (χ0) is 12.1. The Hall–Kier alpha value is -0.370. The minimum Gasteiger partial charge on any atom is -0.330 e. The van der Waals surface area contributed by atoms with Gasteiger partial charge in [0, 0.05) is 12.3 Å². The molecule has 0 radical (unpaired) electrons. The highest BCUT2D eigenvalue weighted by atomic mass is 16.1. The van der Waals surface area contributed by atoms with Crippen LogP contribution in [0.15, 0.2) is 0 Å². The van der Waals surface area contributed by atoms with Gasteiger partial charge in [0.05, 0.1) is 0 Å². The summed E-state index contributed by atoms with van der Waals surface area (Å²) >= 11 is 0. The molecule has 0 spiro atoms. The summed E-state index contributed by atoms with van der Waals surface area (Å²) in [5.41, 5.74) is 6.14. The second kappa shape index (κ2) is 5.99. The largest absolute Gasteiger partial charge is 0.330 e. The van der Waals surface area contributed by atoms with Crippen LogP contribution in [0, 0.1) is 11.3 Å². The van der Waals surface area contributed by atoms with E-state index in [1.807, 2.05) is 0 Å². The molecule has 2 nitrogen and oxygen atoms in total. The molecule has 0 aromatic rings. The summed E-state index contributed by atoms with van der Waals surface area (Å²) < 4.78 is 0. The van der Waals surface area contributed by atoms with E-state index in [1.165, 1.54) is 51.4 Å². The lowest BCUT2D eigenvalue weighted by Gasteiger charge is -2.37. The molecule has 0 bridgehead atoms. The van der Waals surface area contributed by atoms with Gasteiger partial charge in [-0.2, -0.15) is 0 Å². The van der Waals surface area contributed by atoms with Gasteiger partial charge in [-0.1, -0.05) is 38.5 Å². The molecule has 98 valence electrons. The quantitative estimate of drug-likeness (QED) is 0.814. The summed E-state index contributed by atoms with van der Waals surface area (Å²) in [5.74, 6) is 0.895. The van der Waals surface area contributed by atoms with Crippen molar-refractivity contribution in [2.45, 2.75) is 70.6 Å². The number of carbonyl (C=O) groups is 1. The standard InChI is InChI=1S/C15H27NO/c16-12-15(9-5-2-6-10-15)11-14(17)13-7-3-1-4-8-13/h13H,1-12,16H2. The molecule has 0 saturated heterocycles. The van der Waals surface area contributed by atoms with Crippen molar-refractivity contribution in [2.75, 3.05) is 6.54 Å². The second-order valence-electron chi connectivity index (χ2n) is 6.24. The van der Waals surface area contributed by atoms with Crippen LogP contribution < -0.4 is 5.73 Å². The first kappa shape index (κ1) is 13.1. The van der Waals surface area contributed by atoms with Gasteiger partial charge in [0.1, 0.15) is 5.78 Å². The van der Waals surface area contributed by atoms with Crippen LogP contribution in [-0.2, 0) is 4.79 Å². The molecule has 2 heteroatoms. The number of rotatable bonds is 4. The van der Waals surface area contributed by atoms with Crippen molar-refractivity contribution < 1.29 is 4.79 Å². The van der Waals surface area contributed by atoms with Gasteiger partial charge < -0.3 is 5.73 Å². The third kappa shape index (κ3) is 3.31. The monoisotopic (exact) mass is 237 g/mol. The van der Waals surface area contributed by atoms with Crippen LogP contribution >= 0.6 is 0 Å². The minimum atomic E-state index is 0.173. The number of ketones is 1. The third-order valence-corrected chi connectivity index (χ3v) is 4.96. The Balaban J connectivity index is 1.90. The smallest absolute Gasteiger partial charge is 0.136 e. The normalized spacial score (nSPS) is 25.7. The topological polar surface area (TPSA) is 43.1 Å². The molecule has 0 atom stereocenters. The van der Waals surface area contributed by atoms with Crippen LogP contribution in [0.2, 0.25) is 0 Å². The summed E-state index contributed by atoms with van der Waals surface area (Å²) in [6.07, 6.45) is 13.1. The first-order chi connectivity index (χ1) is 8.26. The van der Waals surface area contributed by atoms with E-state index in [0.29, 0.717) is 18.2 Å². The zero-order valence-electron chi connectivity index (χ0n) is 11.0. The molecule has 2 rings (SSSR count). The Kier molecular flexibility index (Phi) is 4.61. The minimum absolute atomic E-state index is 0.173. The first-order valence-corrected chi connectivity index (χ1v) is 7.49. The summed E-state index contributed by atoms with van der Waals surface area (Å²) in [6.45, 7) is 0.714. The maximum Gasteiger partial charge on any atom is 0.136 e. The average molecular weight is 237 g/mol. The fourth-order valence-corrected chi connectivity index (χ4v) is 3.69. The predicted octanol–water partition coefficient (Wildman–Crippen LogP) is 3.44. The lowest BCUT2D eigenvalue weighted by atomic mass is 9.69. The summed E-state index contributed by atoms with van der Waals surface area (Å²) in [5, 5.41) is 0. The van der Waals surface area contributed by atoms with Crippen LogP contribution in [0.25, 0.3) is 0 Å². The van der Waals surface area contributed by atoms with Crippen molar-refractivity contribution >= 4 is 5.78 Å². The highest BCUT2D eigenvalue weighted by Gasteiger charge is 2.35. The molecule has 0 aliphatic heterocycles. The Morgan fingerprint density at radius 1 is 1.00 bits per heavy atom. The zero-order valence-corrected chi connectivity index (χ0v) is 11.0. The number of nitrogens with two attached hydrogens (primary N) is 1. The molecule has 0 amide bonds. The number of Topliss-reactive ketones (excluding diaryl/α,β-unsaturated/α-hetero) is 1. The van der Waals surface area contributed by atoms with Gasteiger partial charge in [-0.3, -0.25) is 4.79 Å². The highest BCUT2D eigenvalue weighted by Crippen LogP contribution is 2.40. The molecule has 2 N–H and O–H groups in total. The fourth-order valence-electron chi connectivity index (χ4n) is 3.69. The van der Waals surface area contributed by atoms with Gasteiger partial charge >= 0.3 is 0 Å². The lowest BCUT2D eigenvalue weighted by molar-refractivity contribution is -0.126. The summed E-state index contributed by atoms with van der Waals surface area (Å²) in [4.78, 5) is 12.4. The molecular weight excluding hydrogens is 210 g/mol. The second-order valence-corrected chi connectivity index (χ2v) is 6.24. The van der Waals surface area contributed by atoms with Gasteiger partial charge in [-0.15, -0.1) is 0 Å². The van der Waals surface area contributed by atoms with E-state index in [0.717, 1.165) is 19.3 Å². The molecule has 2 aliphatic carbocycles. The molecule has 2 aliphatic rings. The Bertz CT molecular complexity index is 250. The SMILES string of the molecule is NCC1(CC(=O)C2CCCCC2)CCCCC1. The Labute approximate surface area is 105 Å². The maximum atomic E-state index is 12.4. The van der Waals surface area contributed by atoms with Gasteiger partial charge in [0.2, 0.25) is 0 Å². The van der Waals surface area contributed by atoms with E-state index in [4.69, 9.17) is 5.73 Å². The highest BCUT2D eigenvalue weighted by molar-refractivity contribution is 5.81. The third-order valence-electron chi connectivity index (χ3n) is 4.96. The molecule has 0 aromatic heterocycles. The molecule has 17 heavy (non-hydrogen) atoms. The molecule has 2 fully saturated rings. The van der Waals surface area contributed by atoms with Crippen molar-refractivity contribution in [1.82, 2.24) is 0 Å². The van der Waals surface area contributed by atoms with Gasteiger partial charge in [0.15, 0.2) is 0 Å². The maximum absolute atomic E-state index is 12.4. The van der Waals surface area contributed by atoms with E-state index >= 15 is 0 Å². The van der Waals surface area contributed by atoms with Crippen LogP contribution in [0.5, 0.6) is 0 Å². The molecule has 2 saturated carbocycles. The molecule has 0 aromatic carbocycles. The van der Waals surface area contributed by atoms with E-state index in [2.05, 4.69) is 0 Å². The van der Waals surface area contributed by atoms with Gasteiger partial charge in [-0.25, -0.2) is 0 Å². The van der Waals surface area contributed by atoms with E-state index in [-0.39, 0.29) is 5.41 Å². The molecule has 0 heterocycles. The van der Waals surface area contributed by atoms with E-state index < -0.39 is 0 Å². The Morgan fingerprint density at radius 2 is 1.59 bits per heavy atom. The summed E-state index contributed by atoms with van der Waals surface area (Å²) in [7, 11) is 0. The number of hydrogen-bond donors (Lipinski definition) is 1. The van der Waals surface area contributed by atoms with Crippen molar-refractivity contribution in [3.63, 3.8) is 0 Å². The molecular formula is C15H27NO. The van der Waals surface area contributed by atoms with Crippen molar-refractivity contribution in [2.24, 2.45) is 17.1 Å². The van der Waals surface area contributed by atoms with Crippen molar-refractivity contribution in [3.05, 3.63) is 0 Å². The van der Waals surface area contributed by atoms with Crippen LogP contribution in [-0.4, -0.2) is 12.3 Å². The fraction of sp³-hybridized carbons (Fsp3) is 0.933. The Morgan fingerprint density at radius 3 is 2.18 bits per heavy atom. The number of hydrogen-bond acceptors (Lipinski definition) is 2.